The van der Waals surface area contributed by atoms with Gasteiger partial charge in [0, 0.05) is 19.1 Å². The maximum atomic E-state index is 12.5. The van der Waals surface area contributed by atoms with Gasteiger partial charge in [0.25, 0.3) is 0 Å². The molecule has 19 heavy (non-hydrogen) atoms. The van der Waals surface area contributed by atoms with Crippen LogP contribution in [0.4, 0.5) is 0 Å². The Bertz CT molecular complexity index is 336. The number of carbonyl (C=O) groups is 1. The van der Waals surface area contributed by atoms with Gasteiger partial charge in [-0.2, -0.15) is 0 Å². The zero-order valence-electron chi connectivity index (χ0n) is 13.1. The number of amides is 1. The third-order valence-corrected chi connectivity index (χ3v) is 4.51. The molecule has 1 N–H and O–H groups in total. The van der Waals surface area contributed by atoms with Crippen LogP contribution in [0.25, 0.3) is 0 Å². The van der Waals surface area contributed by atoms with Crippen molar-refractivity contribution in [1.29, 1.82) is 0 Å². The number of hydrogen-bond donors (Lipinski definition) is 1. The average molecular weight is 267 g/mol. The highest BCUT2D eigenvalue weighted by Gasteiger charge is 2.58. The van der Waals surface area contributed by atoms with Crippen LogP contribution in [0.2, 0.25) is 0 Å². The minimum Gasteiger partial charge on any atom is -0.324 e. The van der Waals surface area contributed by atoms with E-state index in [1.54, 1.807) is 0 Å². The van der Waals surface area contributed by atoms with Crippen LogP contribution in [0.15, 0.2) is 0 Å². The summed E-state index contributed by atoms with van der Waals surface area (Å²) in [6.45, 7) is 10.6. The molecule has 1 saturated carbocycles. The Kier molecular flexibility index (Phi) is 4.21. The minimum atomic E-state index is -0.171. The van der Waals surface area contributed by atoms with Crippen molar-refractivity contribution in [2.75, 3.05) is 20.1 Å². The number of nitrogens with zero attached hydrogens (tertiary/aromatic N) is 2. The molecule has 0 aromatic rings. The SMILES string of the molecule is CC(C)CC1NC2(CC2)C(=O)N1CCN(C)C(C)C. The van der Waals surface area contributed by atoms with Gasteiger partial charge in [0.05, 0.1) is 11.7 Å². The van der Waals surface area contributed by atoms with Crippen LogP contribution in [0.5, 0.6) is 0 Å². The Labute approximate surface area is 117 Å². The van der Waals surface area contributed by atoms with Crippen molar-refractivity contribution >= 4 is 5.91 Å². The summed E-state index contributed by atoms with van der Waals surface area (Å²) in [5.74, 6) is 0.958. The summed E-state index contributed by atoms with van der Waals surface area (Å²) in [4.78, 5) is 16.9. The predicted octanol–water partition coefficient (Wildman–Crippen LogP) is 1.66. The molecule has 1 spiro atoms. The third kappa shape index (κ3) is 3.11. The third-order valence-electron chi connectivity index (χ3n) is 4.51. The molecule has 1 aliphatic carbocycles. The van der Waals surface area contributed by atoms with Gasteiger partial charge < -0.3 is 9.80 Å². The van der Waals surface area contributed by atoms with Crippen molar-refractivity contribution in [3.05, 3.63) is 0 Å². The monoisotopic (exact) mass is 267 g/mol. The quantitative estimate of drug-likeness (QED) is 0.795. The largest absolute Gasteiger partial charge is 0.324 e. The van der Waals surface area contributed by atoms with Crippen molar-refractivity contribution in [3.8, 4) is 0 Å². The van der Waals surface area contributed by atoms with Crippen LogP contribution < -0.4 is 5.32 Å². The second-order valence-electron chi connectivity index (χ2n) is 6.94. The Morgan fingerprint density at radius 2 is 2.00 bits per heavy atom. The van der Waals surface area contributed by atoms with Crippen LogP contribution in [-0.2, 0) is 4.79 Å². The molecule has 4 heteroatoms. The van der Waals surface area contributed by atoms with Crippen LogP contribution >= 0.6 is 0 Å². The number of hydrogen-bond acceptors (Lipinski definition) is 3. The molecular formula is C15H29N3O. The maximum Gasteiger partial charge on any atom is 0.244 e. The van der Waals surface area contributed by atoms with E-state index in [9.17, 15) is 4.79 Å². The van der Waals surface area contributed by atoms with E-state index >= 15 is 0 Å². The summed E-state index contributed by atoms with van der Waals surface area (Å²) in [6.07, 6.45) is 3.35. The van der Waals surface area contributed by atoms with E-state index in [1.807, 2.05) is 0 Å². The Balaban J connectivity index is 1.96. The first-order valence-corrected chi connectivity index (χ1v) is 7.65. The standard InChI is InChI=1S/C15H29N3O/c1-11(2)10-13-16-15(6-7-15)14(19)18(13)9-8-17(5)12(3)4/h11-13,16H,6-10H2,1-5H3. The summed E-state index contributed by atoms with van der Waals surface area (Å²) in [6, 6.07) is 0.532. The fourth-order valence-electron chi connectivity index (χ4n) is 2.77. The number of rotatable bonds is 6. The first kappa shape index (κ1) is 14.8. The molecule has 0 aromatic carbocycles. The topological polar surface area (TPSA) is 35.6 Å². The molecule has 1 unspecified atom stereocenters. The highest BCUT2D eigenvalue weighted by molar-refractivity contribution is 5.91. The van der Waals surface area contributed by atoms with Crippen molar-refractivity contribution in [2.24, 2.45) is 5.92 Å². The van der Waals surface area contributed by atoms with Gasteiger partial charge in [-0.15, -0.1) is 0 Å². The predicted molar refractivity (Wildman–Crippen MR) is 77.8 cm³/mol. The van der Waals surface area contributed by atoms with Gasteiger partial charge >= 0.3 is 0 Å². The molecule has 1 aliphatic heterocycles. The van der Waals surface area contributed by atoms with Crippen molar-refractivity contribution in [2.45, 2.75) is 64.7 Å². The molecule has 1 saturated heterocycles. The lowest BCUT2D eigenvalue weighted by molar-refractivity contribution is -0.131. The second-order valence-corrected chi connectivity index (χ2v) is 6.94. The Hall–Kier alpha value is -0.610. The van der Waals surface area contributed by atoms with Gasteiger partial charge in [-0.3, -0.25) is 10.1 Å². The number of carbonyl (C=O) groups excluding carboxylic acids is 1. The van der Waals surface area contributed by atoms with Gasteiger partial charge in [-0.05, 0) is 46.1 Å². The number of nitrogens with one attached hydrogen (secondary N) is 1. The minimum absolute atomic E-state index is 0.171. The van der Waals surface area contributed by atoms with Gasteiger partial charge in [-0.25, -0.2) is 0 Å². The van der Waals surface area contributed by atoms with E-state index in [0.717, 1.165) is 32.4 Å². The molecule has 1 heterocycles. The van der Waals surface area contributed by atoms with Gasteiger partial charge in [0.15, 0.2) is 0 Å². The molecule has 1 amide bonds. The fraction of sp³-hybridized carbons (Fsp3) is 0.933. The maximum absolute atomic E-state index is 12.5. The summed E-state index contributed by atoms with van der Waals surface area (Å²) in [5, 5.41) is 3.58. The van der Waals surface area contributed by atoms with Crippen molar-refractivity contribution in [3.63, 3.8) is 0 Å². The molecule has 1 atom stereocenters. The molecule has 0 aromatic heterocycles. The summed E-state index contributed by atoms with van der Waals surface area (Å²) in [5.41, 5.74) is -0.171. The van der Waals surface area contributed by atoms with E-state index in [4.69, 9.17) is 0 Å². The lowest BCUT2D eigenvalue weighted by Gasteiger charge is -2.29. The van der Waals surface area contributed by atoms with E-state index in [2.05, 4.69) is 49.9 Å². The lowest BCUT2D eigenvalue weighted by Crippen LogP contribution is -2.43. The summed E-state index contributed by atoms with van der Waals surface area (Å²) in [7, 11) is 2.13. The van der Waals surface area contributed by atoms with Crippen LogP contribution in [0, 0.1) is 5.92 Å². The van der Waals surface area contributed by atoms with Crippen molar-refractivity contribution in [1.82, 2.24) is 15.1 Å². The smallest absolute Gasteiger partial charge is 0.244 e. The van der Waals surface area contributed by atoms with E-state index in [1.165, 1.54) is 0 Å². The van der Waals surface area contributed by atoms with Crippen molar-refractivity contribution < 1.29 is 4.79 Å². The van der Waals surface area contributed by atoms with Crippen LogP contribution in [-0.4, -0.2) is 53.6 Å². The molecular weight excluding hydrogens is 238 g/mol. The molecule has 0 bridgehead atoms. The highest BCUT2D eigenvalue weighted by atomic mass is 16.2. The molecule has 2 aliphatic rings. The molecule has 110 valence electrons. The van der Waals surface area contributed by atoms with E-state index in [-0.39, 0.29) is 11.7 Å². The van der Waals surface area contributed by atoms with Gasteiger partial charge in [-0.1, -0.05) is 13.8 Å². The molecule has 0 radical (unpaired) electrons. The summed E-state index contributed by atoms with van der Waals surface area (Å²) < 4.78 is 0. The highest BCUT2D eigenvalue weighted by Crippen LogP contribution is 2.42. The fourth-order valence-corrected chi connectivity index (χ4v) is 2.77. The second kappa shape index (κ2) is 5.41. The summed E-state index contributed by atoms with van der Waals surface area (Å²) >= 11 is 0. The zero-order valence-corrected chi connectivity index (χ0v) is 13.1. The first-order valence-electron chi connectivity index (χ1n) is 7.65. The first-order chi connectivity index (χ1) is 8.85. The van der Waals surface area contributed by atoms with Crippen LogP contribution in [0.1, 0.15) is 47.0 Å². The number of likely N-dealkylation sites (N-methyl/N-ethyl adjacent to an activating group) is 1. The normalized spacial score (nSPS) is 25.4. The molecule has 2 rings (SSSR count). The van der Waals surface area contributed by atoms with Gasteiger partial charge in [0.2, 0.25) is 5.91 Å². The van der Waals surface area contributed by atoms with Crippen LogP contribution in [0.3, 0.4) is 0 Å². The van der Waals surface area contributed by atoms with E-state index in [0.29, 0.717) is 17.9 Å². The molecule has 2 fully saturated rings. The Morgan fingerprint density at radius 1 is 1.37 bits per heavy atom. The van der Waals surface area contributed by atoms with Gasteiger partial charge in [0.1, 0.15) is 0 Å². The van der Waals surface area contributed by atoms with E-state index < -0.39 is 0 Å². The lowest BCUT2D eigenvalue weighted by atomic mass is 10.1. The molecule has 4 nitrogen and oxygen atoms in total. The zero-order chi connectivity index (χ0) is 14.2. The average Bonchev–Trinajstić information content (AvgIpc) is 3.03. The Morgan fingerprint density at radius 3 is 2.47 bits per heavy atom.